The van der Waals surface area contributed by atoms with Gasteiger partial charge in [-0.1, -0.05) is 30.3 Å². The van der Waals surface area contributed by atoms with E-state index in [4.69, 9.17) is 0 Å². The minimum Gasteiger partial charge on any atom is -0.332 e. The predicted octanol–water partition coefficient (Wildman–Crippen LogP) is 3.33. The number of piperidine rings is 3. The Hall–Kier alpha value is -2.79. The number of carbonyl (C=O) groups excluding carboxylic acids is 1. The number of amides is 1. The molecule has 0 unspecified atom stereocenters. The monoisotopic (exact) mass is 384 g/mol. The third kappa shape index (κ3) is 2.68. The number of hydrogen-bond donors (Lipinski definition) is 0. The number of rotatable bonds is 2. The molecule has 5 heteroatoms. The topological polar surface area (TPSA) is 49.3 Å². The third-order valence-corrected chi connectivity index (χ3v) is 7.17. The zero-order chi connectivity index (χ0) is 19.4. The van der Waals surface area contributed by atoms with Crippen molar-refractivity contribution in [1.82, 2.24) is 19.8 Å². The van der Waals surface area contributed by atoms with E-state index in [1.165, 1.54) is 18.4 Å². The summed E-state index contributed by atoms with van der Waals surface area (Å²) >= 11 is 0. The van der Waals surface area contributed by atoms with E-state index in [1.807, 2.05) is 24.3 Å². The minimum absolute atomic E-state index is 0.0553. The van der Waals surface area contributed by atoms with Crippen LogP contribution in [-0.4, -0.2) is 57.4 Å². The van der Waals surface area contributed by atoms with E-state index >= 15 is 0 Å². The molecular formula is C24H24N4O. The first kappa shape index (κ1) is 17.1. The average Bonchev–Trinajstić information content (AvgIpc) is 3.23. The van der Waals surface area contributed by atoms with Gasteiger partial charge in [-0.05, 0) is 61.7 Å². The van der Waals surface area contributed by atoms with Gasteiger partial charge in [0.2, 0.25) is 0 Å². The molecule has 6 heterocycles. The zero-order valence-electron chi connectivity index (χ0n) is 16.3. The lowest BCUT2D eigenvalue weighted by atomic mass is 9.75. The van der Waals surface area contributed by atoms with Gasteiger partial charge in [-0.25, -0.2) is 9.97 Å². The summed E-state index contributed by atoms with van der Waals surface area (Å²) in [6, 6.07) is 19.1. The molecule has 4 saturated heterocycles. The van der Waals surface area contributed by atoms with Crippen LogP contribution in [0.2, 0.25) is 0 Å². The van der Waals surface area contributed by atoms with Crippen molar-refractivity contribution in [2.45, 2.75) is 30.8 Å². The van der Waals surface area contributed by atoms with E-state index in [9.17, 15) is 4.79 Å². The van der Waals surface area contributed by atoms with Gasteiger partial charge in [-0.2, -0.15) is 0 Å². The second-order valence-corrected chi connectivity index (χ2v) is 8.58. The molecule has 2 aromatic heterocycles. The fraction of sp³-hybridized carbons (Fsp3) is 0.375. The smallest absolute Gasteiger partial charge is 0.272 e. The maximum Gasteiger partial charge on any atom is 0.272 e. The van der Waals surface area contributed by atoms with E-state index in [2.05, 4.69) is 50.1 Å². The van der Waals surface area contributed by atoms with Crippen molar-refractivity contribution in [1.29, 1.82) is 0 Å². The number of likely N-dealkylation sites (tertiary alicyclic amines) is 1. The standard InChI is InChI=1S/C24H24N4O/c29-24(20-9-8-18-7-4-12-25-23(18)26-20)28-15-19(16-5-2-1-3-6-16)22-21(28)17-10-13-27(22)14-11-17/h1-9,12,17,19,21-22H,10-11,13-15H2/t19-,21-,22-/m1/s1. The summed E-state index contributed by atoms with van der Waals surface area (Å²) in [6.45, 7) is 3.10. The Morgan fingerprint density at radius 2 is 1.76 bits per heavy atom. The van der Waals surface area contributed by atoms with Crippen LogP contribution in [0.5, 0.6) is 0 Å². The van der Waals surface area contributed by atoms with E-state index in [0.717, 1.165) is 25.0 Å². The summed E-state index contributed by atoms with van der Waals surface area (Å²) in [4.78, 5) is 27.3. The molecule has 0 spiro atoms. The molecule has 2 bridgehead atoms. The van der Waals surface area contributed by atoms with Gasteiger partial charge in [-0.3, -0.25) is 9.69 Å². The first-order chi connectivity index (χ1) is 14.3. The molecule has 3 aromatic rings. The van der Waals surface area contributed by atoms with Crippen molar-refractivity contribution in [2.75, 3.05) is 19.6 Å². The molecule has 0 aliphatic carbocycles. The largest absolute Gasteiger partial charge is 0.332 e. The molecule has 146 valence electrons. The molecule has 5 nitrogen and oxygen atoms in total. The summed E-state index contributed by atoms with van der Waals surface area (Å²) < 4.78 is 0. The summed E-state index contributed by atoms with van der Waals surface area (Å²) in [5.41, 5.74) is 2.50. The summed E-state index contributed by atoms with van der Waals surface area (Å²) in [5, 5.41) is 0.966. The molecule has 7 rings (SSSR count). The quantitative estimate of drug-likeness (QED) is 0.680. The lowest BCUT2D eigenvalue weighted by molar-refractivity contribution is -0.00357. The van der Waals surface area contributed by atoms with Crippen LogP contribution in [0.15, 0.2) is 60.8 Å². The lowest BCUT2D eigenvalue weighted by Crippen LogP contribution is -2.60. The van der Waals surface area contributed by atoms with Gasteiger partial charge in [0.15, 0.2) is 5.65 Å². The molecule has 4 aliphatic rings. The van der Waals surface area contributed by atoms with E-state index in [-0.39, 0.29) is 11.9 Å². The molecule has 1 amide bonds. The van der Waals surface area contributed by atoms with Crippen molar-refractivity contribution < 1.29 is 4.79 Å². The van der Waals surface area contributed by atoms with Crippen molar-refractivity contribution in [3.8, 4) is 0 Å². The number of pyridine rings is 2. The number of hydrogen-bond acceptors (Lipinski definition) is 4. The first-order valence-corrected chi connectivity index (χ1v) is 10.6. The summed E-state index contributed by atoms with van der Waals surface area (Å²) in [6.07, 6.45) is 4.12. The first-order valence-electron chi connectivity index (χ1n) is 10.6. The molecule has 0 saturated carbocycles. The fourth-order valence-electron chi connectivity index (χ4n) is 5.87. The predicted molar refractivity (Wildman–Crippen MR) is 112 cm³/mol. The highest BCUT2D eigenvalue weighted by molar-refractivity contribution is 5.95. The van der Waals surface area contributed by atoms with E-state index in [1.54, 1.807) is 6.20 Å². The van der Waals surface area contributed by atoms with Crippen LogP contribution in [0, 0.1) is 5.92 Å². The Bertz CT molecular complexity index is 1060. The Kier molecular flexibility index (Phi) is 3.91. The average molecular weight is 384 g/mol. The van der Waals surface area contributed by atoms with Crippen molar-refractivity contribution in [3.05, 3.63) is 72.1 Å². The van der Waals surface area contributed by atoms with Crippen LogP contribution in [-0.2, 0) is 0 Å². The van der Waals surface area contributed by atoms with Crippen LogP contribution >= 0.6 is 0 Å². The zero-order valence-corrected chi connectivity index (χ0v) is 16.3. The van der Waals surface area contributed by atoms with Crippen molar-refractivity contribution in [3.63, 3.8) is 0 Å². The summed E-state index contributed by atoms with van der Waals surface area (Å²) in [7, 11) is 0. The van der Waals surface area contributed by atoms with Gasteiger partial charge in [0.25, 0.3) is 5.91 Å². The van der Waals surface area contributed by atoms with Gasteiger partial charge in [0, 0.05) is 30.1 Å². The van der Waals surface area contributed by atoms with Gasteiger partial charge >= 0.3 is 0 Å². The molecule has 29 heavy (non-hydrogen) atoms. The second kappa shape index (κ2) is 6.63. The Labute approximate surface area is 170 Å². The van der Waals surface area contributed by atoms with E-state index in [0.29, 0.717) is 29.2 Å². The van der Waals surface area contributed by atoms with Gasteiger partial charge in [0.1, 0.15) is 5.69 Å². The highest BCUT2D eigenvalue weighted by atomic mass is 16.2. The lowest BCUT2D eigenvalue weighted by Gasteiger charge is -2.51. The van der Waals surface area contributed by atoms with Crippen LogP contribution < -0.4 is 0 Å². The van der Waals surface area contributed by atoms with Gasteiger partial charge < -0.3 is 4.90 Å². The number of carbonyl (C=O) groups is 1. The maximum absolute atomic E-state index is 13.6. The van der Waals surface area contributed by atoms with Crippen LogP contribution in [0.3, 0.4) is 0 Å². The molecule has 1 aromatic carbocycles. The van der Waals surface area contributed by atoms with Crippen LogP contribution in [0.4, 0.5) is 0 Å². The van der Waals surface area contributed by atoms with Crippen LogP contribution in [0.25, 0.3) is 11.0 Å². The van der Waals surface area contributed by atoms with Gasteiger partial charge in [0.05, 0.1) is 6.04 Å². The second-order valence-electron chi connectivity index (χ2n) is 8.58. The minimum atomic E-state index is 0.0553. The highest BCUT2D eigenvalue weighted by Gasteiger charge is 2.54. The number of fused-ring (bicyclic) bond motifs is 3. The maximum atomic E-state index is 13.6. The fourth-order valence-corrected chi connectivity index (χ4v) is 5.87. The summed E-state index contributed by atoms with van der Waals surface area (Å²) in [5.74, 6) is 1.02. The highest BCUT2D eigenvalue weighted by Crippen LogP contribution is 2.46. The number of aromatic nitrogens is 2. The third-order valence-electron chi connectivity index (χ3n) is 7.17. The molecule has 3 atom stereocenters. The van der Waals surface area contributed by atoms with Gasteiger partial charge in [-0.15, -0.1) is 0 Å². The Balaban J connectivity index is 1.39. The van der Waals surface area contributed by atoms with E-state index < -0.39 is 0 Å². The molecule has 0 radical (unpaired) electrons. The molecule has 4 fully saturated rings. The molecular weight excluding hydrogens is 360 g/mol. The molecule has 4 aliphatic heterocycles. The Morgan fingerprint density at radius 3 is 2.59 bits per heavy atom. The SMILES string of the molecule is O=C(c1ccc2cccnc2n1)N1C[C@H](c2ccccc2)[C@@H]2[C@H]1C1CCN2CC1. The number of benzene rings is 1. The Morgan fingerprint density at radius 1 is 0.931 bits per heavy atom. The number of nitrogens with zero attached hydrogens (tertiary/aromatic N) is 4. The molecule has 0 N–H and O–H groups in total. The van der Waals surface area contributed by atoms with Crippen LogP contribution in [0.1, 0.15) is 34.8 Å². The van der Waals surface area contributed by atoms with Crippen molar-refractivity contribution >= 4 is 16.9 Å². The normalized spacial score (nSPS) is 30.5. The van der Waals surface area contributed by atoms with Crippen molar-refractivity contribution in [2.24, 2.45) is 5.92 Å².